The van der Waals surface area contributed by atoms with E-state index in [1.165, 1.54) is 4.68 Å². The summed E-state index contributed by atoms with van der Waals surface area (Å²) in [6.45, 7) is 6.42. The first-order chi connectivity index (χ1) is 12.1. The van der Waals surface area contributed by atoms with Crippen LogP contribution in [0.25, 0.3) is 18.3 Å². The molecule has 1 N–H and O–H groups in total. The Labute approximate surface area is 145 Å². The predicted octanol–water partition coefficient (Wildman–Crippen LogP) is 1.81. The lowest BCUT2D eigenvalue weighted by Crippen LogP contribution is -2.33. The summed E-state index contributed by atoms with van der Waals surface area (Å²) >= 11 is 0. The third kappa shape index (κ3) is 3.35. The van der Waals surface area contributed by atoms with Crippen LogP contribution >= 0.6 is 0 Å². The van der Waals surface area contributed by atoms with E-state index in [9.17, 15) is 4.79 Å². The molecular weight excluding hydrogens is 316 g/mol. The normalized spacial score (nSPS) is 11.5. The second-order valence-corrected chi connectivity index (χ2v) is 5.47. The van der Waals surface area contributed by atoms with Gasteiger partial charge in [0.05, 0.1) is 30.0 Å². The third-order valence-electron chi connectivity index (χ3n) is 3.82. The molecule has 2 aromatic carbocycles. The fourth-order valence-electron chi connectivity index (χ4n) is 2.62. The average Bonchev–Trinajstić information content (AvgIpc) is 2.92. The molecule has 0 fully saturated rings. The number of H-pyrrole nitrogens is 1. The molecule has 0 bridgehead atoms. The molecule has 0 amide bonds. The number of para-hydroxylation sites is 1. The highest BCUT2D eigenvalue weighted by molar-refractivity contribution is 5.56. The number of rotatable bonds is 5. The second kappa shape index (κ2) is 7.13. The third-order valence-corrected chi connectivity index (χ3v) is 3.82. The highest BCUT2D eigenvalue weighted by Crippen LogP contribution is 2.28. The highest BCUT2D eigenvalue weighted by Gasteiger charge is 2.07. The van der Waals surface area contributed by atoms with Gasteiger partial charge in [-0.2, -0.15) is 0 Å². The molecule has 3 rings (SSSR count). The summed E-state index contributed by atoms with van der Waals surface area (Å²) in [5, 5.41) is 4.08. The molecule has 0 unspecified atom stereocenters. The molecule has 0 aliphatic rings. The van der Waals surface area contributed by atoms with Crippen molar-refractivity contribution >= 4 is 12.7 Å². The minimum atomic E-state index is -0.149. The Hall–Kier alpha value is -3.21. The van der Waals surface area contributed by atoms with Gasteiger partial charge in [-0.15, -0.1) is 0 Å². The van der Waals surface area contributed by atoms with Gasteiger partial charge in [-0.1, -0.05) is 30.8 Å². The number of benzene rings is 2. The minimum absolute atomic E-state index is 0.149. The molecule has 0 aliphatic heterocycles. The maximum Gasteiger partial charge on any atom is 0.279 e. The van der Waals surface area contributed by atoms with Crippen LogP contribution in [0.5, 0.6) is 11.5 Å². The molecule has 0 aliphatic carbocycles. The van der Waals surface area contributed by atoms with Crippen LogP contribution < -0.4 is 25.6 Å². The summed E-state index contributed by atoms with van der Waals surface area (Å²) in [5.41, 5.74) is 1.45. The van der Waals surface area contributed by atoms with Crippen LogP contribution in [0.15, 0.2) is 53.3 Å². The first-order valence-corrected chi connectivity index (χ1v) is 8.02. The van der Waals surface area contributed by atoms with Gasteiger partial charge >= 0.3 is 0 Å². The molecule has 5 heteroatoms. The van der Waals surface area contributed by atoms with E-state index in [1.54, 1.807) is 13.2 Å². The van der Waals surface area contributed by atoms with Gasteiger partial charge in [0, 0.05) is 0 Å². The molecule has 128 valence electrons. The van der Waals surface area contributed by atoms with E-state index in [4.69, 9.17) is 9.47 Å². The molecule has 25 heavy (non-hydrogen) atoms. The van der Waals surface area contributed by atoms with Crippen molar-refractivity contribution in [1.82, 2.24) is 9.78 Å². The van der Waals surface area contributed by atoms with Crippen LogP contribution in [-0.4, -0.2) is 23.5 Å². The van der Waals surface area contributed by atoms with Crippen molar-refractivity contribution in [3.05, 3.63) is 75.0 Å². The van der Waals surface area contributed by atoms with Crippen LogP contribution in [0.2, 0.25) is 0 Å². The Balaban J connectivity index is 2.10. The van der Waals surface area contributed by atoms with Crippen LogP contribution in [0.4, 0.5) is 0 Å². The summed E-state index contributed by atoms with van der Waals surface area (Å²) in [5.74, 6) is 1.30. The fraction of sp³-hybridized carbons (Fsp3) is 0.150. The van der Waals surface area contributed by atoms with Crippen molar-refractivity contribution in [3.63, 3.8) is 0 Å². The van der Waals surface area contributed by atoms with E-state index in [1.807, 2.05) is 55.5 Å². The summed E-state index contributed by atoms with van der Waals surface area (Å²) in [7, 11) is 1.59. The van der Waals surface area contributed by atoms with Crippen molar-refractivity contribution in [3.8, 4) is 17.2 Å². The first-order valence-electron chi connectivity index (χ1n) is 8.02. The zero-order valence-electron chi connectivity index (χ0n) is 14.3. The molecule has 1 heterocycles. The zero-order chi connectivity index (χ0) is 17.8. The fourth-order valence-corrected chi connectivity index (χ4v) is 2.62. The van der Waals surface area contributed by atoms with E-state index in [0.29, 0.717) is 28.7 Å². The van der Waals surface area contributed by atoms with E-state index in [2.05, 4.69) is 11.7 Å². The molecule has 0 atom stereocenters. The van der Waals surface area contributed by atoms with Gasteiger partial charge in [-0.3, -0.25) is 9.89 Å². The predicted molar refractivity (Wildman–Crippen MR) is 98.9 cm³/mol. The Morgan fingerprint density at radius 3 is 2.60 bits per heavy atom. The van der Waals surface area contributed by atoms with E-state index in [0.717, 1.165) is 11.3 Å². The van der Waals surface area contributed by atoms with Crippen molar-refractivity contribution in [2.45, 2.75) is 6.92 Å². The second-order valence-electron chi connectivity index (χ2n) is 5.47. The molecular formula is C20H20N2O3. The molecule has 3 aromatic rings. The Morgan fingerprint density at radius 2 is 1.92 bits per heavy atom. The summed E-state index contributed by atoms with van der Waals surface area (Å²) in [6, 6.07) is 14.9. The summed E-state index contributed by atoms with van der Waals surface area (Å²) in [4.78, 5) is 12.7. The van der Waals surface area contributed by atoms with Crippen LogP contribution in [0, 0.1) is 0 Å². The van der Waals surface area contributed by atoms with Crippen molar-refractivity contribution < 1.29 is 9.47 Å². The maximum absolute atomic E-state index is 12.7. The SMILES string of the molecule is C=c1[nH]n(-c2ccccc2)c(=O)c1=Cc1ccc(OCC)c(OC)c1. The quantitative estimate of drug-likeness (QED) is 0.773. The molecule has 5 nitrogen and oxygen atoms in total. The van der Waals surface area contributed by atoms with Gasteiger partial charge in [-0.25, -0.2) is 4.68 Å². The largest absolute Gasteiger partial charge is 0.493 e. The zero-order valence-corrected chi connectivity index (χ0v) is 14.3. The molecule has 0 radical (unpaired) electrons. The lowest BCUT2D eigenvalue weighted by Gasteiger charge is -2.09. The molecule has 1 aromatic heterocycles. The number of aromatic nitrogens is 2. The number of hydrogen-bond donors (Lipinski definition) is 1. The van der Waals surface area contributed by atoms with Gasteiger partial charge in [0.2, 0.25) is 0 Å². The van der Waals surface area contributed by atoms with Crippen molar-refractivity contribution in [1.29, 1.82) is 0 Å². The minimum Gasteiger partial charge on any atom is -0.493 e. The van der Waals surface area contributed by atoms with Crippen LogP contribution in [-0.2, 0) is 0 Å². The Morgan fingerprint density at radius 1 is 1.16 bits per heavy atom. The topological polar surface area (TPSA) is 56.2 Å². The standard InChI is InChI=1S/C20H20N2O3/c1-4-25-18-11-10-15(13-19(18)24-3)12-17-14(2)21-22(20(17)23)16-8-6-5-7-9-16/h5-13,21H,2,4H2,1,3H3. The van der Waals surface area contributed by atoms with Gasteiger partial charge in [0.1, 0.15) is 0 Å². The van der Waals surface area contributed by atoms with Crippen molar-refractivity contribution in [2.75, 3.05) is 13.7 Å². The van der Waals surface area contributed by atoms with Crippen molar-refractivity contribution in [2.24, 2.45) is 0 Å². The lowest BCUT2D eigenvalue weighted by atomic mass is 10.1. The van der Waals surface area contributed by atoms with Gasteiger partial charge in [-0.05, 0) is 42.8 Å². The number of nitrogens with zero attached hydrogens (tertiary/aromatic N) is 1. The Kier molecular flexibility index (Phi) is 4.75. The smallest absolute Gasteiger partial charge is 0.279 e. The molecule has 0 saturated heterocycles. The van der Waals surface area contributed by atoms with E-state index >= 15 is 0 Å². The monoisotopic (exact) mass is 336 g/mol. The van der Waals surface area contributed by atoms with Gasteiger partial charge in [0.25, 0.3) is 5.56 Å². The number of ether oxygens (including phenoxy) is 2. The summed E-state index contributed by atoms with van der Waals surface area (Å²) in [6.07, 6.45) is 1.79. The number of methoxy groups -OCH3 is 1. The number of aromatic amines is 1. The lowest BCUT2D eigenvalue weighted by molar-refractivity contribution is 0.311. The van der Waals surface area contributed by atoms with E-state index in [-0.39, 0.29) is 5.56 Å². The maximum atomic E-state index is 12.7. The summed E-state index contributed by atoms with van der Waals surface area (Å²) < 4.78 is 12.4. The van der Waals surface area contributed by atoms with Gasteiger partial charge < -0.3 is 9.47 Å². The number of nitrogens with one attached hydrogen (secondary N) is 1. The highest BCUT2D eigenvalue weighted by atomic mass is 16.5. The van der Waals surface area contributed by atoms with E-state index < -0.39 is 0 Å². The first kappa shape index (κ1) is 16.6. The average molecular weight is 336 g/mol. The molecule has 0 saturated carbocycles. The number of hydrogen-bond acceptors (Lipinski definition) is 3. The van der Waals surface area contributed by atoms with Gasteiger partial charge in [0.15, 0.2) is 11.5 Å². The van der Waals surface area contributed by atoms with Crippen LogP contribution in [0.1, 0.15) is 12.5 Å². The molecule has 0 spiro atoms. The Bertz CT molecular complexity index is 1030. The van der Waals surface area contributed by atoms with Crippen LogP contribution in [0.3, 0.4) is 0 Å².